The van der Waals surface area contributed by atoms with Crippen LogP contribution in [0.15, 0.2) is 42.6 Å². The summed E-state index contributed by atoms with van der Waals surface area (Å²) in [5, 5.41) is 2.72. The van der Waals surface area contributed by atoms with Crippen LogP contribution in [0.4, 0.5) is 11.4 Å². The van der Waals surface area contributed by atoms with Crippen LogP contribution in [0.5, 0.6) is 0 Å². The van der Waals surface area contributed by atoms with Crippen molar-refractivity contribution in [3.8, 4) is 0 Å². The second kappa shape index (κ2) is 9.03. The van der Waals surface area contributed by atoms with Gasteiger partial charge in [0.2, 0.25) is 0 Å². The molecule has 2 rings (SSSR count). The fourth-order valence-electron chi connectivity index (χ4n) is 2.29. The van der Waals surface area contributed by atoms with Crippen molar-refractivity contribution >= 4 is 34.9 Å². The highest BCUT2D eigenvalue weighted by Crippen LogP contribution is 2.18. The lowest BCUT2D eigenvalue weighted by atomic mass is 10.2. The van der Waals surface area contributed by atoms with Crippen LogP contribution in [-0.2, 0) is 9.53 Å². The van der Waals surface area contributed by atoms with Gasteiger partial charge in [-0.15, -0.1) is 0 Å². The van der Waals surface area contributed by atoms with Crippen LogP contribution in [0.2, 0.25) is 5.15 Å². The van der Waals surface area contributed by atoms with Crippen LogP contribution < -0.4 is 10.2 Å². The predicted molar refractivity (Wildman–Crippen MR) is 98.2 cm³/mol. The van der Waals surface area contributed by atoms with E-state index in [9.17, 15) is 9.59 Å². The number of pyridine rings is 1. The molecule has 1 heterocycles. The van der Waals surface area contributed by atoms with E-state index in [4.69, 9.17) is 16.3 Å². The largest absolute Gasteiger partial charge is 0.452 e. The summed E-state index contributed by atoms with van der Waals surface area (Å²) in [4.78, 5) is 29.8. The van der Waals surface area contributed by atoms with Gasteiger partial charge in [-0.2, -0.15) is 0 Å². The van der Waals surface area contributed by atoms with Crippen LogP contribution in [0.25, 0.3) is 0 Å². The summed E-state index contributed by atoms with van der Waals surface area (Å²) in [6.45, 7) is 5.59. The fraction of sp³-hybridized carbons (Fsp3) is 0.278. The Bertz CT molecular complexity index is 731. The highest BCUT2D eigenvalue weighted by Gasteiger charge is 2.14. The van der Waals surface area contributed by atoms with Crippen molar-refractivity contribution in [3.63, 3.8) is 0 Å². The molecular weight excluding hydrogens is 342 g/mol. The van der Waals surface area contributed by atoms with Crippen molar-refractivity contribution in [2.45, 2.75) is 13.8 Å². The maximum atomic E-state index is 11.9. The molecule has 0 aliphatic rings. The van der Waals surface area contributed by atoms with Crippen molar-refractivity contribution in [1.82, 2.24) is 4.98 Å². The number of ether oxygens (including phenoxy) is 1. The van der Waals surface area contributed by atoms with E-state index in [1.54, 1.807) is 6.07 Å². The topological polar surface area (TPSA) is 71.5 Å². The average Bonchev–Trinajstić information content (AvgIpc) is 2.62. The molecule has 0 saturated carbocycles. The van der Waals surface area contributed by atoms with Gasteiger partial charge >= 0.3 is 5.97 Å². The zero-order valence-corrected chi connectivity index (χ0v) is 14.9. The number of halogens is 1. The molecule has 1 amide bonds. The van der Waals surface area contributed by atoms with Gasteiger partial charge < -0.3 is 15.0 Å². The Morgan fingerprint density at radius 2 is 1.84 bits per heavy atom. The number of rotatable bonds is 7. The Hall–Kier alpha value is -2.60. The van der Waals surface area contributed by atoms with Gasteiger partial charge in [0.25, 0.3) is 5.91 Å². The molecule has 1 N–H and O–H groups in total. The molecular formula is C18H20ClN3O3. The molecule has 0 atom stereocenters. The maximum absolute atomic E-state index is 11.9. The number of carbonyl (C=O) groups is 2. The molecule has 0 radical (unpaired) electrons. The highest BCUT2D eigenvalue weighted by molar-refractivity contribution is 6.32. The van der Waals surface area contributed by atoms with E-state index < -0.39 is 18.5 Å². The molecule has 25 heavy (non-hydrogen) atoms. The number of aromatic nitrogens is 1. The normalized spacial score (nSPS) is 10.2. The number of hydrogen-bond acceptors (Lipinski definition) is 5. The molecule has 1 aromatic heterocycles. The summed E-state index contributed by atoms with van der Waals surface area (Å²) in [5.41, 5.74) is 1.84. The van der Waals surface area contributed by atoms with Crippen LogP contribution in [0.3, 0.4) is 0 Å². The summed E-state index contributed by atoms with van der Waals surface area (Å²) >= 11 is 5.81. The predicted octanol–water partition coefficient (Wildman–Crippen LogP) is 3.38. The minimum Gasteiger partial charge on any atom is -0.452 e. The van der Waals surface area contributed by atoms with Crippen molar-refractivity contribution in [2.75, 3.05) is 29.9 Å². The van der Waals surface area contributed by atoms with Crippen molar-refractivity contribution < 1.29 is 14.3 Å². The quantitative estimate of drug-likeness (QED) is 0.604. The van der Waals surface area contributed by atoms with E-state index in [-0.39, 0.29) is 10.7 Å². The van der Waals surface area contributed by atoms with Gasteiger partial charge in [-0.3, -0.25) is 4.79 Å². The number of anilines is 2. The SMILES string of the molecule is CCN(CC)c1ccc(NC(=O)COC(=O)c2cccnc2Cl)cc1. The first kappa shape index (κ1) is 18.7. The van der Waals surface area contributed by atoms with E-state index in [1.165, 1.54) is 12.3 Å². The first-order chi connectivity index (χ1) is 12.0. The Morgan fingerprint density at radius 3 is 2.44 bits per heavy atom. The zero-order valence-electron chi connectivity index (χ0n) is 14.2. The summed E-state index contributed by atoms with van der Waals surface area (Å²) in [6, 6.07) is 10.5. The summed E-state index contributed by atoms with van der Waals surface area (Å²) in [7, 11) is 0. The summed E-state index contributed by atoms with van der Waals surface area (Å²) in [5.74, 6) is -1.12. The van der Waals surface area contributed by atoms with Gasteiger partial charge in [0.15, 0.2) is 6.61 Å². The van der Waals surface area contributed by atoms with Gasteiger partial charge in [-0.05, 0) is 50.2 Å². The number of benzene rings is 1. The lowest BCUT2D eigenvalue weighted by Gasteiger charge is -2.21. The van der Waals surface area contributed by atoms with Crippen LogP contribution >= 0.6 is 11.6 Å². The molecule has 0 bridgehead atoms. The molecule has 7 heteroatoms. The molecule has 0 fully saturated rings. The van der Waals surface area contributed by atoms with E-state index in [0.717, 1.165) is 18.8 Å². The molecule has 0 aliphatic heterocycles. The minimum absolute atomic E-state index is 0.0416. The van der Waals surface area contributed by atoms with E-state index in [2.05, 4.69) is 29.0 Å². The van der Waals surface area contributed by atoms with E-state index in [1.807, 2.05) is 24.3 Å². The fourth-order valence-corrected chi connectivity index (χ4v) is 2.49. The van der Waals surface area contributed by atoms with Gasteiger partial charge in [-0.1, -0.05) is 11.6 Å². The first-order valence-electron chi connectivity index (χ1n) is 7.97. The molecule has 1 aromatic carbocycles. The van der Waals surface area contributed by atoms with Gasteiger partial charge in [0.05, 0.1) is 5.56 Å². The molecule has 0 spiro atoms. The van der Waals surface area contributed by atoms with Gasteiger partial charge in [0, 0.05) is 30.7 Å². The van der Waals surface area contributed by atoms with Crippen molar-refractivity contribution in [1.29, 1.82) is 0 Å². The lowest BCUT2D eigenvalue weighted by Crippen LogP contribution is -2.22. The monoisotopic (exact) mass is 361 g/mol. The number of nitrogens with zero attached hydrogens (tertiary/aromatic N) is 2. The summed E-state index contributed by atoms with van der Waals surface area (Å²) < 4.78 is 4.96. The Labute approximate surface area is 151 Å². The minimum atomic E-state index is -0.690. The molecule has 2 aromatic rings. The van der Waals surface area contributed by atoms with Gasteiger partial charge in [0.1, 0.15) is 5.15 Å². The molecule has 132 valence electrons. The first-order valence-corrected chi connectivity index (χ1v) is 8.35. The van der Waals surface area contributed by atoms with Crippen LogP contribution in [-0.4, -0.2) is 36.6 Å². The summed E-state index contributed by atoms with van der Waals surface area (Å²) in [6.07, 6.45) is 1.47. The van der Waals surface area contributed by atoms with Crippen LogP contribution in [0, 0.1) is 0 Å². The molecule has 6 nitrogen and oxygen atoms in total. The third-order valence-electron chi connectivity index (χ3n) is 3.59. The smallest absolute Gasteiger partial charge is 0.341 e. The standard InChI is InChI=1S/C18H20ClN3O3/c1-3-22(4-2)14-9-7-13(8-10-14)21-16(23)12-25-18(24)15-6-5-11-20-17(15)19/h5-11H,3-4,12H2,1-2H3,(H,21,23). The van der Waals surface area contributed by atoms with Crippen molar-refractivity contribution in [2.24, 2.45) is 0 Å². The number of carbonyl (C=O) groups excluding carboxylic acids is 2. The van der Waals surface area contributed by atoms with Crippen molar-refractivity contribution in [3.05, 3.63) is 53.3 Å². The van der Waals surface area contributed by atoms with E-state index in [0.29, 0.717) is 5.69 Å². The second-order valence-corrected chi connectivity index (χ2v) is 5.54. The number of amides is 1. The Balaban J connectivity index is 1.88. The third-order valence-corrected chi connectivity index (χ3v) is 3.89. The number of nitrogens with one attached hydrogen (secondary N) is 1. The zero-order chi connectivity index (χ0) is 18.2. The number of hydrogen-bond donors (Lipinski definition) is 1. The number of esters is 1. The van der Waals surface area contributed by atoms with Crippen LogP contribution in [0.1, 0.15) is 24.2 Å². The van der Waals surface area contributed by atoms with E-state index >= 15 is 0 Å². The molecule has 0 saturated heterocycles. The Kier molecular flexibility index (Phi) is 6.77. The second-order valence-electron chi connectivity index (χ2n) is 5.19. The Morgan fingerprint density at radius 1 is 1.16 bits per heavy atom. The molecule has 0 unspecified atom stereocenters. The molecule has 0 aliphatic carbocycles. The average molecular weight is 362 g/mol. The maximum Gasteiger partial charge on any atom is 0.341 e. The third kappa shape index (κ3) is 5.19. The van der Waals surface area contributed by atoms with Gasteiger partial charge in [-0.25, -0.2) is 9.78 Å². The lowest BCUT2D eigenvalue weighted by molar-refractivity contribution is -0.119. The highest BCUT2D eigenvalue weighted by atomic mass is 35.5.